The lowest BCUT2D eigenvalue weighted by molar-refractivity contribution is 0.802. The number of rotatable bonds is 0. The van der Waals surface area contributed by atoms with Crippen LogP contribution in [0.5, 0.6) is 0 Å². The largest absolute Gasteiger partial charge is 0.0620 e. The lowest BCUT2D eigenvalue weighted by Crippen LogP contribution is -2.15. The lowest BCUT2D eigenvalue weighted by Gasteiger charge is -2.25. The smallest absolute Gasteiger partial charge is 0.0335 e. The van der Waals surface area contributed by atoms with Crippen molar-refractivity contribution < 1.29 is 0 Å². The zero-order valence-corrected chi connectivity index (χ0v) is 6.09. The van der Waals surface area contributed by atoms with E-state index in [4.69, 9.17) is 0 Å². The molecule has 2 rings (SSSR count). The molecule has 1 aromatic carbocycles. The second-order valence-electron chi connectivity index (χ2n) is 2.46. The zero-order chi connectivity index (χ0) is 6.27. The maximum absolute atomic E-state index is 3.61. The first kappa shape index (κ1) is 5.24. The fourth-order valence-corrected chi connectivity index (χ4v) is 1.76. The van der Waals surface area contributed by atoms with Gasteiger partial charge in [0, 0.05) is 10.2 Å². The first-order chi connectivity index (χ1) is 4.38. The van der Waals surface area contributed by atoms with Crippen LogP contribution in [0.1, 0.15) is 16.7 Å². The normalized spacial score (nSPS) is 22.6. The third-order valence-electron chi connectivity index (χ3n) is 1.85. The molecular weight excluding hydrogens is 124 g/mol. The SMILES string of the molecule is [Si]C1Cc2ccccc21. The van der Waals surface area contributed by atoms with E-state index in [1.54, 1.807) is 0 Å². The molecule has 1 atom stereocenters. The van der Waals surface area contributed by atoms with Crippen molar-refractivity contribution in [2.24, 2.45) is 0 Å². The van der Waals surface area contributed by atoms with Crippen LogP contribution in [0.25, 0.3) is 0 Å². The standard InChI is InChI=1S/C8H7Si/c9-8-5-6-3-1-2-4-7(6)8/h1-4,8H,5H2. The van der Waals surface area contributed by atoms with E-state index in [0.29, 0.717) is 5.54 Å². The molecule has 0 saturated heterocycles. The summed E-state index contributed by atoms with van der Waals surface area (Å²) in [5.74, 6) is 0. The van der Waals surface area contributed by atoms with E-state index in [-0.39, 0.29) is 0 Å². The summed E-state index contributed by atoms with van der Waals surface area (Å²) < 4.78 is 0. The molecule has 0 aromatic heterocycles. The van der Waals surface area contributed by atoms with Gasteiger partial charge >= 0.3 is 0 Å². The summed E-state index contributed by atoms with van der Waals surface area (Å²) in [6, 6.07) is 8.55. The van der Waals surface area contributed by atoms with Gasteiger partial charge < -0.3 is 0 Å². The Morgan fingerprint density at radius 3 is 2.67 bits per heavy atom. The quantitative estimate of drug-likeness (QED) is 0.467. The van der Waals surface area contributed by atoms with E-state index >= 15 is 0 Å². The van der Waals surface area contributed by atoms with Gasteiger partial charge in [-0.1, -0.05) is 24.3 Å². The highest BCUT2D eigenvalue weighted by atomic mass is 28.1. The molecule has 0 bridgehead atoms. The maximum Gasteiger partial charge on any atom is 0.0335 e. The molecule has 0 heterocycles. The first-order valence-electron chi connectivity index (χ1n) is 3.17. The van der Waals surface area contributed by atoms with Crippen molar-refractivity contribution in [2.45, 2.75) is 12.0 Å². The van der Waals surface area contributed by atoms with E-state index < -0.39 is 0 Å². The van der Waals surface area contributed by atoms with Crippen LogP contribution in [0, 0.1) is 0 Å². The maximum atomic E-state index is 3.61. The van der Waals surface area contributed by atoms with Crippen LogP contribution in [0.15, 0.2) is 24.3 Å². The molecule has 1 aromatic rings. The molecule has 9 heavy (non-hydrogen) atoms. The van der Waals surface area contributed by atoms with Gasteiger partial charge in [0.05, 0.1) is 0 Å². The third kappa shape index (κ3) is 0.647. The van der Waals surface area contributed by atoms with Crippen LogP contribution < -0.4 is 0 Å². The predicted octanol–water partition coefficient (Wildman–Crippen LogP) is 1.45. The van der Waals surface area contributed by atoms with Crippen molar-refractivity contribution in [3.8, 4) is 0 Å². The fourth-order valence-electron chi connectivity index (χ4n) is 1.26. The highest BCUT2D eigenvalue weighted by Crippen LogP contribution is 2.31. The molecule has 0 spiro atoms. The molecule has 0 N–H and O–H groups in total. The van der Waals surface area contributed by atoms with Gasteiger partial charge in [0.1, 0.15) is 0 Å². The number of benzene rings is 1. The molecule has 1 aliphatic rings. The summed E-state index contributed by atoms with van der Waals surface area (Å²) >= 11 is 0. The summed E-state index contributed by atoms with van der Waals surface area (Å²) in [5.41, 5.74) is 3.59. The van der Waals surface area contributed by atoms with Crippen molar-refractivity contribution >= 4 is 10.2 Å². The summed E-state index contributed by atoms with van der Waals surface area (Å²) in [5, 5.41) is 0. The molecule has 0 aliphatic heterocycles. The van der Waals surface area contributed by atoms with Crippen LogP contribution >= 0.6 is 0 Å². The minimum Gasteiger partial charge on any atom is -0.0620 e. The van der Waals surface area contributed by atoms with Gasteiger partial charge in [-0.15, -0.1) is 0 Å². The highest BCUT2D eigenvalue weighted by molar-refractivity contribution is 6.13. The summed E-state index contributed by atoms with van der Waals surface area (Å²) in [6.07, 6.45) is 1.20. The Kier molecular flexibility index (Phi) is 0.994. The van der Waals surface area contributed by atoms with Crippen LogP contribution in [-0.2, 0) is 6.42 Å². The van der Waals surface area contributed by atoms with Crippen LogP contribution in [0.3, 0.4) is 0 Å². The Labute approximate surface area is 58.3 Å². The van der Waals surface area contributed by atoms with Gasteiger partial charge in [0.15, 0.2) is 0 Å². The van der Waals surface area contributed by atoms with E-state index in [2.05, 4.69) is 34.5 Å². The van der Waals surface area contributed by atoms with Crippen LogP contribution in [0.4, 0.5) is 0 Å². The molecule has 0 saturated carbocycles. The molecule has 43 valence electrons. The van der Waals surface area contributed by atoms with Gasteiger partial charge in [-0.05, 0) is 23.1 Å². The first-order valence-corrected chi connectivity index (χ1v) is 3.74. The van der Waals surface area contributed by atoms with Gasteiger partial charge in [0.25, 0.3) is 0 Å². The van der Waals surface area contributed by atoms with Crippen molar-refractivity contribution in [3.63, 3.8) is 0 Å². The van der Waals surface area contributed by atoms with Crippen LogP contribution in [0.2, 0.25) is 0 Å². The van der Waals surface area contributed by atoms with E-state index in [9.17, 15) is 0 Å². The van der Waals surface area contributed by atoms with Gasteiger partial charge in [0.2, 0.25) is 0 Å². The topological polar surface area (TPSA) is 0 Å². The van der Waals surface area contributed by atoms with E-state index in [1.807, 2.05) is 0 Å². The summed E-state index contributed by atoms with van der Waals surface area (Å²) in [4.78, 5) is 0. The second kappa shape index (κ2) is 1.71. The molecule has 0 amide bonds. The minimum absolute atomic E-state index is 0.626. The number of hydrogen-bond donors (Lipinski definition) is 0. The Balaban J connectivity index is 2.51. The van der Waals surface area contributed by atoms with E-state index in [1.165, 1.54) is 17.5 Å². The van der Waals surface area contributed by atoms with Crippen molar-refractivity contribution in [1.82, 2.24) is 0 Å². The molecule has 0 fully saturated rings. The van der Waals surface area contributed by atoms with Crippen molar-refractivity contribution in [1.29, 1.82) is 0 Å². The Morgan fingerprint density at radius 2 is 2.11 bits per heavy atom. The number of hydrogen-bond acceptors (Lipinski definition) is 0. The summed E-state index contributed by atoms with van der Waals surface area (Å²) in [6.45, 7) is 0. The van der Waals surface area contributed by atoms with Crippen molar-refractivity contribution in [3.05, 3.63) is 35.4 Å². The van der Waals surface area contributed by atoms with E-state index in [0.717, 1.165) is 0 Å². The van der Waals surface area contributed by atoms with Crippen LogP contribution in [-0.4, -0.2) is 10.2 Å². The lowest BCUT2D eigenvalue weighted by atomic mass is 9.88. The summed E-state index contributed by atoms with van der Waals surface area (Å²) in [7, 11) is 3.61. The fraction of sp³-hybridized carbons (Fsp3) is 0.250. The second-order valence-corrected chi connectivity index (χ2v) is 3.15. The molecule has 3 radical (unpaired) electrons. The Morgan fingerprint density at radius 1 is 1.33 bits per heavy atom. The molecule has 1 heteroatoms. The minimum atomic E-state index is 0.626. The third-order valence-corrected chi connectivity index (χ3v) is 2.37. The molecule has 0 nitrogen and oxygen atoms in total. The van der Waals surface area contributed by atoms with Crippen molar-refractivity contribution in [2.75, 3.05) is 0 Å². The molecule has 1 unspecified atom stereocenters. The monoisotopic (exact) mass is 131 g/mol. The van der Waals surface area contributed by atoms with Gasteiger partial charge in [-0.25, -0.2) is 0 Å². The Hall–Kier alpha value is -0.563. The number of fused-ring (bicyclic) bond motifs is 1. The molecule has 1 aliphatic carbocycles. The average molecular weight is 131 g/mol. The zero-order valence-electron chi connectivity index (χ0n) is 5.09. The predicted molar refractivity (Wildman–Crippen MR) is 38.6 cm³/mol. The molecular formula is C8H7Si. The Bertz CT molecular complexity index is 230. The average Bonchev–Trinajstić information content (AvgIpc) is 1.86. The van der Waals surface area contributed by atoms with Gasteiger partial charge in [-0.3, -0.25) is 0 Å². The highest BCUT2D eigenvalue weighted by Gasteiger charge is 2.19. The van der Waals surface area contributed by atoms with Gasteiger partial charge in [-0.2, -0.15) is 0 Å².